The topological polar surface area (TPSA) is 46.5 Å². The average Bonchev–Trinajstić information content (AvgIpc) is 2.61. The number of carboxylic acid groups (broad SMARTS) is 1. The summed E-state index contributed by atoms with van der Waals surface area (Å²) in [5.41, 5.74) is 3.06. The fourth-order valence-electron chi connectivity index (χ4n) is 2.43. The minimum atomic E-state index is -1.03. The number of ether oxygens (including phenoxy) is 1. The zero-order valence-electron chi connectivity index (χ0n) is 14.1. The lowest BCUT2D eigenvalue weighted by atomic mass is 10.0. The molecular weight excluding hydrogens is 300 g/mol. The van der Waals surface area contributed by atoms with Gasteiger partial charge < -0.3 is 9.84 Å². The molecule has 0 aliphatic rings. The van der Waals surface area contributed by atoms with Gasteiger partial charge in [0.2, 0.25) is 5.76 Å². The summed E-state index contributed by atoms with van der Waals surface area (Å²) in [6.07, 6.45) is 5.82. The number of unbranched alkanes of at least 4 members (excludes halogenated alkanes) is 3. The number of hydrogen-bond acceptors (Lipinski definition) is 2. The third kappa shape index (κ3) is 5.58. The highest BCUT2D eigenvalue weighted by Crippen LogP contribution is 2.20. The monoisotopic (exact) mass is 324 g/mol. The Bertz CT molecular complexity index is 657. The highest BCUT2D eigenvalue weighted by molar-refractivity contribution is 5.90. The standard InChI is InChI=1S/C21H24O3/c1-2-3-4-8-15-24-20(21(22)23)16-17-11-13-19(14-12-17)18-9-6-5-7-10-18/h5-7,9-14,16H,2-4,8,15H2,1H3,(H,22,23). The van der Waals surface area contributed by atoms with Crippen molar-refractivity contribution in [1.82, 2.24) is 0 Å². The molecule has 0 amide bonds. The van der Waals surface area contributed by atoms with Gasteiger partial charge in [0.05, 0.1) is 6.61 Å². The first-order valence-electron chi connectivity index (χ1n) is 8.44. The van der Waals surface area contributed by atoms with Crippen molar-refractivity contribution < 1.29 is 14.6 Å². The smallest absolute Gasteiger partial charge is 0.371 e. The molecule has 1 N–H and O–H groups in total. The van der Waals surface area contributed by atoms with Crippen LogP contribution in [0.4, 0.5) is 0 Å². The quantitative estimate of drug-likeness (QED) is 0.383. The van der Waals surface area contributed by atoms with Crippen LogP contribution in [0, 0.1) is 0 Å². The molecule has 0 radical (unpaired) electrons. The highest BCUT2D eigenvalue weighted by Gasteiger charge is 2.09. The molecule has 0 aromatic heterocycles. The van der Waals surface area contributed by atoms with E-state index in [9.17, 15) is 9.90 Å². The van der Waals surface area contributed by atoms with Crippen LogP contribution in [0.1, 0.15) is 38.2 Å². The number of carbonyl (C=O) groups is 1. The van der Waals surface area contributed by atoms with E-state index in [0.717, 1.165) is 42.4 Å². The molecule has 2 aromatic carbocycles. The number of carboxylic acids is 1. The number of aliphatic carboxylic acids is 1. The SMILES string of the molecule is CCCCCCOC(=Cc1ccc(-c2ccccc2)cc1)C(=O)O. The number of benzene rings is 2. The van der Waals surface area contributed by atoms with Crippen molar-refractivity contribution in [3.05, 3.63) is 65.9 Å². The molecule has 0 bridgehead atoms. The molecule has 0 saturated carbocycles. The van der Waals surface area contributed by atoms with Crippen molar-refractivity contribution in [1.29, 1.82) is 0 Å². The average molecular weight is 324 g/mol. The van der Waals surface area contributed by atoms with Gasteiger partial charge in [-0.2, -0.15) is 0 Å². The predicted octanol–water partition coefficient (Wildman–Crippen LogP) is 5.38. The maximum absolute atomic E-state index is 11.3. The van der Waals surface area contributed by atoms with E-state index in [1.165, 1.54) is 0 Å². The van der Waals surface area contributed by atoms with Gasteiger partial charge in [-0.3, -0.25) is 0 Å². The Morgan fingerprint density at radius 1 is 0.958 bits per heavy atom. The van der Waals surface area contributed by atoms with Crippen LogP contribution < -0.4 is 0 Å². The summed E-state index contributed by atoms with van der Waals surface area (Å²) < 4.78 is 5.43. The molecule has 0 aliphatic carbocycles. The molecule has 2 aromatic rings. The molecule has 0 aliphatic heterocycles. The van der Waals surface area contributed by atoms with Gasteiger partial charge in [0.1, 0.15) is 0 Å². The van der Waals surface area contributed by atoms with Crippen molar-refractivity contribution in [3.63, 3.8) is 0 Å². The summed E-state index contributed by atoms with van der Waals surface area (Å²) in [6.45, 7) is 2.59. The summed E-state index contributed by atoms with van der Waals surface area (Å²) >= 11 is 0. The van der Waals surface area contributed by atoms with Gasteiger partial charge in [-0.05, 0) is 29.2 Å². The van der Waals surface area contributed by atoms with Gasteiger partial charge in [0, 0.05) is 0 Å². The van der Waals surface area contributed by atoms with Crippen LogP contribution in [0.5, 0.6) is 0 Å². The minimum Gasteiger partial charge on any atom is -0.487 e. The molecule has 3 nitrogen and oxygen atoms in total. The molecular formula is C21H24O3. The molecule has 0 unspecified atom stereocenters. The Hall–Kier alpha value is -2.55. The van der Waals surface area contributed by atoms with E-state index in [0.29, 0.717) is 6.61 Å². The Morgan fingerprint density at radius 2 is 1.62 bits per heavy atom. The Morgan fingerprint density at radius 3 is 2.25 bits per heavy atom. The highest BCUT2D eigenvalue weighted by atomic mass is 16.5. The van der Waals surface area contributed by atoms with Gasteiger partial charge in [-0.15, -0.1) is 0 Å². The number of hydrogen-bond donors (Lipinski definition) is 1. The summed E-state index contributed by atoms with van der Waals surface area (Å²) in [6, 6.07) is 17.9. The Labute approximate surface area is 143 Å². The van der Waals surface area contributed by atoms with E-state index < -0.39 is 5.97 Å². The molecule has 2 rings (SSSR count). The fourth-order valence-corrected chi connectivity index (χ4v) is 2.43. The lowest BCUT2D eigenvalue weighted by molar-refractivity contribution is -0.136. The summed E-state index contributed by atoms with van der Waals surface area (Å²) in [5.74, 6) is -1.03. The fraction of sp³-hybridized carbons (Fsp3) is 0.286. The van der Waals surface area contributed by atoms with Crippen LogP contribution in [-0.2, 0) is 9.53 Å². The second-order valence-corrected chi connectivity index (χ2v) is 5.71. The van der Waals surface area contributed by atoms with E-state index in [4.69, 9.17) is 4.74 Å². The molecule has 24 heavy (non-hydrogen) atoms. The van der Waals surface area contributed by atoms with Gasteiger partial charge >= 0.3 is 5.97 Å². The summed E-state index contributed by atoms with van der Waals surface area (Å²) in [5, 5.41) is 9.28. The molecule has 0 spiro atoms. The first-order valence-corrected chi connectivity index (χ1v) is 8.44. The largest absolute Gasteiger partial charge is 0.487 e. The van der Waals surface area contributed by atoms with Crippen LogP contribution in [0.3, 0.4) is 0 Å². The maximum Gasteiger partial charge on any atom is 0.371 e. The summed E-state index contributed by atoms with van der Waals surface area (Å²) in [7, 11) is 0. The molecule has 0 fully saturated rings. The van der Waals surface area contributed by atoms with Gasteiger partial charge in [0.15, 0.2) is 0 Å². The first kappa shape index (κ1) is 17.8. The van der Waals surface area contributed by atoms with Crippen LogP contribution >= 0.6 is 0 Å². The van der Waals surface area contributed by atoms with E-state index in [1.54, 1.807) is 6.08 Å². The molecule has 0 atom stereocenters. The zero-order chi connectivity index (χ0) is 17.2. The second-order valence-electron chi connectivity index (χ2n) is 5.71. The Balaban J connectivity index is 2.02. The van der Waals surface area contributed by atoms with Gasteiger partial charge in [-0.25, -0.2) is 4.79 Å². The van der Waals surface area contributed by atoms with Crippen LogP contribution in [0.25, 0.3) is 17.2 Å². The molecule has 126 valence electrons. The van der Waals surface area contributed by atoms with E-state index in [-0.39, 0.29) is 5.76 Å². The molecule has 0 saturated heterocycles. The third-order valence-electron chi connectivity index (χ3n) is 3.78. The maximum atomic E-state index is 11.3. The van der Waals surface area contributed by atoms with Crippen LogP contribution in [0.15, 0.2) is 60.4 Å². The van der Waals surface area contributed by atoms with E-state index in [1.807, 2.05) is 54.6 Å². The van der Waals surface area contributed by atoms with Crippen molar-refractivity contribution in [3.8, 4) is 11.1 Å². The second kappa shape index (κ2) is 9.56. The van der Waals surface area contributed by atoms with Crippen LogP contribution in [0.2, 0.25) is 0 Å². The number of rotatable bonds is 9. The normalized spacial score (nSPS) is 11.3. The zero-order valence-corrected chi connectivity index (χ0v) is 14.1. The van der Waals surface area contributed by atoms with Gasteiger partial charge in [-0.1, -0.05) is 80.8 Å². The van der Waals surface area contributed by atoms with Gasteiger partial charge in [0.25, 0.3) is 0 Å². The van der Waals surface area contributed by atoms with Crippen molar-refractivity contribution >= 4 is 12.0 Å². The first-order chi connectivity index (χ1) is 11.7. The van der Waals surface area contributed by atoms with Crippen molar-refractivity contribution in [2.24, 2.45) is 0 Å². The lowest BCUT2D eigenvalue weighted by Gasteiger charge is -2.07. The van der Waals surface area contributed by atoms with E-state index >= 15 is 0 Å². The minimum absolute atomic E-state index is 0.000963. The lowest BCUT2D eigenvalue weighted by Crippen LogP contribution is -2.06. The predicted molar refractivity (Wildman–Crippen MR) is 97.6 cm³/mol. The Kier molecular flexibility index (Phi) is 7.09. The van der Waals surface area contributed by atoms with Crippen molar-refractivity contribution in [2.45, 2.75) is 32.6 Å². The summed E-state index contributed by atoms with van der Waals surface area (Å²) in [4.78, 5) is 11.3. The molecule has 3 heteroatoms. The molecule has 0 heterocycles. The third-order valence-corrected chi connectivity index (χ3v) is 3.78. The van der Waals surface area contributed by atoms with E-state index in [2.05, 4.69) is 6.92 Å². The van der Waals surface area contributed by atoms with Crippen molar-refractivity contribution in [2.75, 3.05) is 6.61 Å². The van der Waals surface area contributed by atoms with Crippen LogP contribution in [-0.4, -0.2) is 17.7 Å².